The van der Waals surface area contributed by atoms with Crippen molar-refractivity contribution in [3.63, 3.8) is 0 Å². The maximum atomic E-state index is 13.1. The second-order valence-electron chi connectivity index (χ2n) is 9.07. The van der Waals surface area contributed by atoms with Crippen molar-refractivity contribution in [3.05, 3.63) is 33.3 Å². The van der Waals surface area contributed by atoms with Crippen LogP contribution in [0.1, 0.15) is 51.9 Å². The van der Waals surface area contributed by atoms with E-state index >= 15 is 0 Å². The molecule has 2 aromatic heterocycles. The highest BCUT2D eigenvalue weighted by Gasteiger charge is 2.20. The van der Waals surface area contributed by atoms with Gasteiger partial charge in [-0.25, -0.2) is 0 Å². The Morgan fingerprint density at radius 2 is 2.06 bits per heavy atom. The summed E-state index contributed by atoms with van der Waals surface area (Å²) in [5.74, 6) is 0.791. The Balaban J connectivity index is 1.29. The van der Waals surface area contributed by atoms with Gasteiger partial charge < -0.3 is 20.0 Å². The van der Waals surface area contributed by atoms with Gasteiger partial charge in [0.25, 0.3) is 5.56 Å². The van der Waals surface area contributed by atoms with Crippen LogP contribution in [-0.4, -0.2) is 58.1 Å². The summed E-state index contributed by atoms with van der Waals surface area (Å²) in [6, 6.07) is 6.28. The van der Waals surface area contributed by atoms with Crippen molar-refractivity contribution >= 4 is 40.1 Å². The zero-order chi connectivity index (χ0) is 24.1. The van der Waals surface area contributed by atoms with E-state index in [2.05, 4.69) is 27.1 Å². The van der Waals surface area contributed by atoms with Gasteiger partial charge in [0.2, 0.25) is 5.91 Å². The average Bonchev–Trinajstić information content (AvgIpc) is 3.21. The fourth-order valence-corrected chi connectivity index (χ4v) is 5.27. The molecule has 34 heavy (non-hydrogen) atoms. The quantitative estimate of drug-likeness (QED) is 0.297. The number of piperidine rings is 1. The van der Waals surface area contributed by atoms with Gasteiger partial charge >= 0.3 is 0 Å². The minimum Gasteiger partial charge on any atom is -0.497 e. The first kappa shape index (κ1) is 24.5. The SMILES string of the molecule is CC[C@H]1CCCCN1CCNC(=O)CCCCn1c(=S)[nH]c2c([nH]c3ccc(OC)cc32)c1=O. The van der Waals surface area contributed by atoms with Crippen molar-refractivity contribution < 1.29 is 9.53 Å². The fourth-order valence-electron chi connectivity index (χ4n) is 4.99. The first-order chi connectivity index (χ1) is 16.5. The number of hydrogen-bond acceptors (Lipinski definition) is 5. The molecular formula is C25H35N5O3S. The summed E-state index contributed by atoms with van der Waals surface area (Å²) in [5, 5.41) is 3.92. The van der Waals surface area contributed by atoms with Crippen molar-refractivity contribution in [2.75, 3.05) is 26.7 Å². The van der Waals surface area contributed by atoms with Crippen LogP contribution in [-0.2, 0) is 11.3 Å². The molecular weight excluding hydrogens is 450 g/mol. The Hall–Kier alpha value is -2.65. The van der Waals surface area contributed by atoms with Gasteiger partial charge in [0, 0.05) is 43.0 Å². The number of carbonyl (C=O) groups is 1. The van der Waals surface area contributed by atoms with E-state index in [1.165, 1.54) is 25.7 Å². The normalized spacial score (nSPS) is 16.8. The number of nitrogens with one attached hydrogen (secondary N) is 3. The fraction of sp³-hybridized carbons (Fsp3) is 0.560. The minimum absolute atomic E-state index is 0.0718. The molecule has 0 unspecified atom stereocenters. The number of unbranched alkanes of at least 4 members (excludes halogenated alkanes) is 1. The van der Waals surface area contributed by atoms with Crippen LogP contribution in [0.3, 0.4) is 0 Å². The molecule has 1 amide bonds. The van der Waals surface area contributed by atoms with Crippen LogP contribution >= 0.6 is 12.2 Å². The number of aromatic amines is 2. The summed E-state index contributed by atoms with van der Waals surface area (Å²) in [5.41, 5.74) is 1.89. The van der Waals surface area contributed by atoms with Crippen molar-refractivity contribution in [1.29, 1.82) is 0 Å². The minimum atomic E-state index is -0.148. The van der Waals surface area contributed by atoms with Gasteiger partial charge in [-0.3, -0.25) is 19.1 Å². The summed E-state index contributed by atoms with van der Waals surface area (Å²) >= 11 is 5.48. The molecule has 9 heteroatoms. The maximum Gasteiger partial charge on any atom is 0.278 e. The van der Waals surface area contributed by atoms with Crippen LogP contribution in [0, 0.1) is 4.77 Å². The number of rotatable bonds is 10. The predicted octanol–water partition coefficient (Wildman–Crippen LogP) is 4.10. The number of amides is 1. The number of fused-ring (bicyclic) bond motifs is 3. The number of aromatic nitrogens is 3. The van der Waals surface area contributed by atoms with Crippen LogP contribution in [0.4, 0.5) is 0 Å². The van der Waals surface area contributed by atoms with Gasteiger partial charge in [-0.15, -0.1) is 0 Å². The second-order valence-corrected chi connectivity index (χ2v) is 9.46. The summed E-state index contributed by atoms with van der Waals surface area (Å²) in [6.07, 6.45) is 6.88. The molecule has 1 aliphatic rings. The number of hydrogen-bond donors (Lipinski definition) is 3. The molecule has 0 radical (unpaired) electrons. The molecule has 0 saturated carbocycles. The van der Waals surface area contributed by atoms with Gasteiger partial charge in [0.1, 0.15) is 11.3 Å². The number of H-pyrrole nitrogens is 2. The molecule has 8 nitrogen and oxygen atoms in total. The molecule has 0 aliphatic carbocycles. The van der Waals surface area contributed by atoms with Gasteiger partial charge in [0.15, 0.2) is 4.77 Å². The van der Waals surface area contributed by atoms with E-state index in [4.69, 9.17) is 17.0 Å². The summed E-state index contributed by atoms with van der Waals surface area (Å²) in [7, 11) is 1.61. The highest BCUT2D eigenvalue weighted by atomic mass is 32.1. The highest BCUT2D eigenvalue weighted by molar-refractivity contribution is 7.71. The zero-order valence-corrected chi connectivity index (χ0v) is 20.9. The molecule has 1 aliphatic heterocycles. The number of nitrogens with zero attached hydrogens (tertiary/aromatic N) is 2. The third-order valence-corrected chi connectivity index (χ3v) is 7.24. The molecule has 1 aromatic carbocycles. The molecule has 184 valence electrons. The molecule has 1 atom stereocenters. The second kappa shape index (κ2) is 11.2. The van der Waals surface area contributed by atoms with Crippen LogP contribution in [0.2, 0.25) is 0 Å². The molecule has 0 spiro atoms. The van der Waals surface area contributed by atoms with Crippen LogP contribution in [0.5, 0.6) is 5.75 Å². The smallest absolute Gasteiger partial charge is 0.278 e. The molecule has 1 saturated heterocycles. The van der Waals surface area contributed by atoms with Crippen molar-refractivity contribution in [3.8, 4) is 5.75 Å². The summed E-state index contributed by atoms with van der Waals surface area (Å²) in [6.45, 7) is 5.47. The molecule has 3 N–H and O–H groups in total. The lowest BCUT2D eigenvalue weighted by atomic mass is 10.0. The Labute approximate surface area is 204 Å². The van der Waals surface area contributed by atoms with E-state index in [-0.39, 0.29) is 11.5 Å². The lowest BCUT2D eigenvalue weighted by Gasteiger charge is -2.35. The first-order valence-corrected chi connectivity index (χ1v) is 12.8. The van der Waals surface area contributed by atoms with E-state index in [0.29, 0.717) is 54.2 Å². The maximum absolute atomic E-state index is 13.1. The van der Waals surface area contributed by atoms with E-state index < -0.39 is 0 Å². The van der Waals surface area contributed by atoms with E-state index in [0.717, 1.165) is 29.7 Å². The van der Waals surface area contributed by atoms with Gasteiger partial charge in [-0.2, -0.15) is 0 Å². The standard InChI is InChI=1S/C25H35N5O3S/c1-3-17-8-4-6-13-29(17)15-12-26-21(31)9-5-7-14-30-24(32)23-22(28-25(30)34)19-16-18(33-2)10-11-20(19)27-23/h10-11,16-17,27H,3-9,12-15H2,1-2H3,(H,26,31)(H,28,34)/t17-/m0/s1. The number of benzene rings is 1. The lowest BCUT2D eigenvalue weighted by Crippen LogP contribution is -2.43. The Bertz CT molecular complexity index is 1260. The van der Waals surface area contributed by atoms with Crippen molar-refractivity contribution in [1.82, 2.24) is 24.8 Å². The van der Waals surface area contributed by atoms with Crippen molar-refractivity contribution in [2.24, 2.45) is 0 Å². The molecule has 3 heterocycles. The Kier molecular flexibility index (Phi) is 8.05. The number of likely N-dealkylation sites (tertiary alicyclic amines) is 1. The third-order valence-electron chi connectivity index (χ3n) is 6.92. The van der Waals surface area contributed by atoms with Crippen molar-refractivity contribution in [2.45, 2.75) is 64.5 Å². The van der Waals surface area contributed by atoms with E-state index in [9.17, 15) is 9.59 Å². The first-order valence-electron chi connectivity index (χ1n) is 12.3. The van der Waals surface area contributed by atoms with Gasteiger partial charge in [-0.05, 0) is 69.1 Å². The largest absolute Gasteiger partial charge is 0.497 e. The lowest BCUT2D eigenvalue weighted by molar-refractivity contribution is -0.121. The Morgan fingerprint density at radius 3 is 2.85 bits per heavy atom. The zero-order valence-electron chi connectivity index (χ0n) is 20.1. The van der Waals surface area contributed by atoms with E-state index in [1.54, 1.807) is 11.7 Å². The summed E-state index contributed by atoms with van der Waals surface area (Å²) in [4.78, 5) is 34.2. The third kappa shape index (κ3) is 5.36. The van der Waals surface area contributed by atoms with Crippen LogP contribution in [0.25, 0.3) is 21.9 Å². The molecule has 3 aromatic rings. The van der Waals surface area contributed by atoms with Crippen LogP contribution in [0.15, 0.2) is 23.0 Å². The highest BCUT2D eigenvalue weighted by Crippen LogP contribution is 2.26. The Morgan fingerprint density at radius 1 is 1.21 bits per heavy atom. The monoisotopic (exact) mass is 485 g/mol. The van der Waals surface area contributed by atoms with Crippen LogP contribution < -0.4 is 15.6 Å². The number of methoxy groups -OCH3 is 1. The molecule has 0 bridgehead atoms. The molecule has 4 rings (SSSR count). The predicted molar refractivity (Wildman–Crippen MR) is 138 cm³/mol. The molecule has 1 fully saturated rings. The average molecular weight is 486 g/mol. The van der Waals surface area contributed by atoms with E-state index in [1.807, 2.05) is 18.2 Å². The topological polar surface area (TPSA) is 95.2 Å². The van der Waals surface area contributed by atoms with Gasteiger partial charge in [-0.1, -0.05) is 13.3 Å². The number of ether oxygens (including phenoxy) is 1. The number of carbonyl (C=O) groups excluding carboxylic acids is 1. The summed E-state index contributed by atoms with van der Waals surface area (Å²) < 4.78 is 7.26. The van der Waals surface area contributed by atoms with Gasteiger partial charge in [0.05, 0.1) is 12.6 Å².